The van der Waals surface area contributed by atoms with Gasteiger partial charge in [-0.1, -0.05) is 94.6 Å². The Bertz CT molecular complexity index is 1830. The Balaban J connectivity index is -0.000000380. The summed E-state index contributed by atoms with van der Waals surface area (Å²) in [7, 11) is -18.1. The van der Waals surface area contributed by atoms with Crippen LogP contribution in [-0.4, -0.2) is 117 Å². The van der Waals surface area contributed by atoms with Crippen molar-refractivity contribution in [2.45, 2.75) is 172 Å². The van der Waals surface area contributed by atoms with E-state index in [4.69, 9.17) is 23.6 Å². The van der Waals surface area contributed by atoms with E-state index in [0.29, 0.717) is 22.6 Å². The molecule has 0 spiro atoms. The van der Waals surface area contributed by atoms with Gasteiger partial charge in [0.1, 0.15) is 12.9 Å². The number of hydrogen-bond donors (Lipinski definition) is 0. The van der Waals surface area contributed by atoms with Gasteiger partial charge in [-0.05, 0) is 96.5 Å². The molecule has 0 rings (SSSR count). The minimum atomic E-state index is -6.59. The van der Waals surface area contributed by atoms with Crippen LogP contribution < -0.4 is 0 Å². The van der Waals surface area contributed by atoms with Crippen LogP contribution in [0.1, 0.15) is 125 Å². The van der Waals surface area contributed by atoms with Crippen LogP contribution in [0.3, 0.4) is 0 Å². The maximum absolute atomic E-state index is 11.4. The SMILES string of the molecule is CC(C)(C)P(=S)(C[P@@](C)(=S)C(C)(C)C)C(C)(C)C.COS(=O)(=O)C(F)(F)F.CS[P+](C)(C[P+](SC)(C(C)(C)C)C(C)(C)C)C(C)(C)C.O=S(=O)(OOS(=O)(=O)C(F)(F)F)C(F)(F)F. The minimum Gasteiger partial charge on any atom is -0.267 e. The summed E-state index contributed by atoms with van der Waals surface area (Å²) in [6.45, 7) is 45.8. The van der Waals surface area contributed by atoms with Crippen molar-refractivity contribution in [1.82, 2.24) is 0 Å². The topological polar surface area (TPSA) is 130 Å². The number of alkyl halides is 9. The maximum atomic E-state index is 11.4. The first-order chi connectivity index (χ1) is 26.6. The van der Waals surface area contributed by atoms with E-state index >= 15 is 0 Å². The average molecular weight is 1150 g/mol. The highest BCUT2D eigenvalue weighted by molar-refractivity contribution is 8.69. The van der Waals surface area contributed by atoms with Crippen LogP contribution in [-0.2, 0) is 66.8 Å². The smallest absolute Gasteiger partial charge is 0.267 e. The van der Waals surface area contributed by atoms with E-state index in [1.54, 1.807) is 0 Å². The highest BCUT2D eigenvalue weighted by atomic mass is 32.8. The average Bonchev–Trinajstić information content (AvgIpc) is 2.98. The fraction of sp³-hybridized carbons (Fsp3) is 1.00. The fourth-order valence-corrected chi connectivity index (χ4v) is 44.6. The predicted octanol–water partition coefficient (Wildman–Crippen LogP) is 14.6. The lowest BCUT2D eigenvalue weighted by molar-refractivity contribution is -0.144. The molecule has 0 bridgehead atoms. The van der Waals surface area contributed by atoms with Crippen molar-refractivity contribution in [3.8, 4) is 0 Å². The summed E-state index contributed by atoms with van der Waals surface area (Å²) in [5.41, 5.74) is -17.5. The third kappa shape index (κ3) is 19.9. The molecule has 0 fully saturated rings. The van der Waals surface area contributed by atoms with E-state index in [1.807, 2.05) is 0 Å². The molecule has 9 nitrogen and oxygen atoms in total. The zero-order valence-corrected chi connectivity index (χ0v) is 49.9. The predicted molar refractivity (Wildman–Crippen MR) is 264 cm³/mol. The van der Waals surface area contributed by atoms with Crippen molar-refractivity contribution in [2.24, 2.45) is 0 Å². The van der Waals surface area contributed by atoms with Gasteiger partial charge in [-0.25, -0.2) is 0 Å². The summed E-state index contributed by atoms with van der Waals surface area (Å²) in [6.07, 6.45) is 4.72. The Morgan fingerprint density at radius 3 is 0.905 bits per heavy atom. The molecule has 386 valence electrons. The second kappa shape index (κ2) is 23.0. The van der Waals surface area contributed by atoms with Gasteiger partial charge in [0.05, 0.1) is 29.2 Å². The van der Waals surface area contributed by atoms with Crippen LogP contribution in [0.25, 0.3) is 0 Å². The molecular formula is C34H73F9O9P4S7+2. The van der Waals surface area contributed by atoms with Crippen LogP contribution >= 0.6 is 47.8 Å². The monoisotopic (exact) mass is 1140 g/mol. The minimum absolute atomic E-state index is 0.200. The first-order valence-corrected chi connectivity index (χ1v) is 37.1. The lowest BCUT2D eigenvalue weighted by Gasteiger charge is -2.49. The largest absolute Gasteiger partial charge is 0.525 e. The quantitative estimate of drug-likeness (QED) is 0.0514. The molecule has 0 aromatic rings. The highest BCUT2D eigenvalue weighted by Crippen LogP contribution is 2.93. The standard InChI is InChI=1S/C16H38P2S2.C14H32P2S2.C2F6O6S2.C2H3F3O3S/c1-14(2,3)17(10,19-11)13-18(20-12,15(4,5)6)16(7,8)9;1-12(2,3)15(10,17)11-16(18,13(4,5)6)14(7,8)9;3-1(4,5)15(9,10)13-14-16(11,12)2(6,7)8;1-8-9(6,7)2(3,4)5/h13H2,1-12H3;11H2,1-10H3;;1H3/q+2;;;/t;15-;;/m.1../s1. The van der Waals surface area contributed by atoms with Crippen LogP contribution in [0.2, 0.25) is 0 Å². The molecule has 29 heteroatoms. The van der Waals surface area contributed by atoms with Crippen molar-refractivity contribution < 1.29 is 77.6 Å². The Morgan fingerprint density at radius 2 is 0.778 bits per heavy atom. The molecule has 0 N–H and O–H groups in total. The van der Waals surface area contributed by atoms with Gasteiger partial charge in [0.2, 0.25) is 0 Å². The van der Waals surface area contributed by atoms with Crippen molar-refractivity contribution in [2.75, 3.05) is 44.8 Å². The second-order valence-electron chi connectivity index (χ2n) is 20.4. The molecule has 0 aliphatic heterocycles. The summed E-state index contributed by atoms with van der Waals surface area (Å²) < 4.78 is 169. The highest BCUT2D eigenvalue weighted by Gasteiger charge is 2.66. The number of hydrogen-bond acceptors (Lipinski definition) is 13. The van der Waals surface area contributed by atoms with Crippen molar-refractivity contribution in [3.05, 3.63) is 0 Å². The second-order valence-corrected chi connectivity index (χ2v) is 54.2. The summed E-state index contributed by atoms with van der Waals surface area (Å²) in [5.74, 6) is 2.57. The Morgan fingerprint density at radius 1 is 0.508 bits per heavy atom. The molecule has 0 amide bonds. The lowest BCUT2D eigenvalue weighted by Crippen LogP contribution is -2.35. The molecule has 0 aliphatic rings. The lowest BCUT2D eigenvalue weighted by atomic mass is 10.2. The molecule has 63 heavy (non-hydrogen) atoms. The van der Waals surface area contributed by atoms with E-state index in [-0.39, 0.29) is 15.5 Å². The van der Waals surface area contributed by atoms with Gasteiger partial charge in [-0.2, -0.15) is 64.8 Å². The van der Waals surface area contributed by atoms with E-state index in [0.717, 1.165) is 5.90 Å². The summed E-state index contributed by atoms with van der Waals surface area (Å²) in [6, 6.07) is -2.94. The van der Waals surface area contributed by atoms with E-state index in [9.17, 15) is 64.8 Å². The summed E-state index contributed by atoms with van der Waals surface area (Å²) in [5, 5.41) is 1.88. The summed E-state index contributed by atoms with van der Waals surface area (Å²) >= 11 is 16.7. The zero-order valence-electron chi connectivity index (χ0n) is 40.6. The molecule has 0 radical (unpaired) electrons. The molecule has 2 atom stereocenters. The molecule has 0 aromatic carbocycles. The van der Waals surface area contributed by atoms with Crippen LogP contribution in [0.4, 0.5) is 39.5 Å². The van der Waals surface area contributed by atoms with Crippen LogP contribution in [0.15, 0.2) is 0 Å². The van der Waals surface area contributed by atoms with E-state index in [1.165, 1.54) is 5.90 Å². The van der Waals surface area contributed by atoms with Crippen molar-refractivity contribution >= 4 is 102 Å². The molecule has 0 aliphatic carbocycles. The molecular weight excluding hydrogens is 1070 g/mol. The van der Waals surface area contributed by atoms with Crippen LogP contribution in [0, 0.1) is 0 Å². The van der Waals surface area contributed by atoms with Gasteiger partial charge in [0.15, 0.2) is 5.90 Å². The van der Waals surface area contributed by atoms with Gasteiger partial charge in [0.25, 0.3) is 0 Å². The van der Waals surface area contributed by atoms with Gasteiger partial charge in [-0.15, -0.1) is 0 Å². The molecule has 0 saturated heterocycles. The first-order valence-electron chi connectivity index (χ1n) is 18.4. The molecule has 0 saturated carbocycles. The molecule has 0 heterocycles. The third-order valence-electron chi connectivity index (χ3n) is 10.1. The molecule has 1 unspecified atom stereocenters. The Hall–Kier alpha value is 1.96. The van der Waals surface area contributed by atoms with Crippen molar-refractivity contribution in [3.63, 3.8) is 0 Å². The van der Waals surface area contributed by atoms with Gasteiger partial charge in [-0.3, -0.25) is 4.18 Å². The van der Waals surface area contributed by atoms with Gasteiger partial charge < -0.3 is 0 Å². The Labute approximate surface area is 393 Å². The molecule has 0 aromatic heterocycles. The fourth-order valence-electron chi connectivity index (χ4n) is 5.23. The number of rotatable bonds is 10. The van der Waals surface area contributed by atoms with Crippen LogP contribution in [0.5, 0.6) is 0 Å². The first kappa shape index (κ1) is 71.5. The van der Waals surface area contributed by atoms with E-state index < -0.39 is 71.9 Å². The van der Waals surface area contributed by atoms with E-state index in [2.05, 4.69) is 186 Å². The summed E-state index contributed by atoms with van der Waals surface area (Å²) in [4.78, 5) is 0. The normalized spacial score (nSPS) is 16.8. The third-order valence-corrected chi connectivity index (χ3v) is 54.4. The van der Waals surface area contributed by atoms with Crippen molar-refractivity contribution in [1.29, 1.82) is 0 Å². The maximum Gasteiger partial charge on any atom is 0.525 e. The Kier molecular flexibility index (Phi) is 26.1. The number of halogens is 9. The van der Waals surface area contributed by atoms with Gasteiger partial charge >= 0.3 is 46.9 Å². The zero-order chi connectivity index (χ0) is 52.9. The van der Waals surface area contributed by atoms with Gasteiger partial charge in [0, 0.05) is 41.2 Å².